The van der Waals surface area contributed by atoms with Gasteiger partial charge in [0.2, 0.25) is 0 Å². The first-order valence-electron chi connectivity index (χ1n) is 7.90. The van der Waals surface area contributed by atoms with E-state index < -0.39 is 5.91 Å². The standard InChI is InChI=1S/C17H23ClN6O/c1-24(2,3)12(9-11-7-5-4-6-8-11)10-21-17(25)13-15(19)23-16(20)14(18)22-13/h4-8,12H,9-10H2,1-3H3,(H4-,19,20,21,23,25)/p+1. The summed E-state index contributed by atoms with van der Waals surface area (Å²) in [5, 5.41) is 2.84. The Balaban J connectivity index is 2.10. The summed E-state index contributed by atoms with van der Waals surface area (Å²) >= 11 is 5.84. The van der Waals surface area contributed by atoms with Crippen LogP contribution in [0, 0.1) is 0 Å². The molecular weight excluding hydrogens is 340 g/mol. The SMILES string of the molecule is C[N+](C)(C)C(CNC(=O)c1nc(Cl)c(N)nc1N)Cc1ccccc1. The van der Waals surface area contributed by atoms with Gasteiger partial charge in [-0.1, -0.05) is 41.9 Å². The van der Waals surface area contributed by atoms with E-state index in [0.717, 1.165) is 6.42 Å². The molecule has 1 amide bonds. The molecule has 1 unspecified atom stereocenters. The molecule has 134 valence electrons. The predicted octanol–water partition coefficient (Wildman–Crippen LogP) is 1.34. The van der Waals surface area contributed by atoms with Gasteiger partial charge < -0.3 is 21.3 Å². The van der Waals surface area contributed by atoms with Gasteiger partial charge in [0.25, 0.3) is 5.91 Å². The number of hydrogen-bond donors (Lipinski definition) is 3. The van der Waals surface area contributed by atoms with Crippen LogP contribution in [-0.2, 0) is 6.42 Å². The number of amides is 1. The van der Waals surface area contributed by atoms with E-state index in [2.05, 4.69) is 48.6 Å². The summed E-state index contributed by atoms with van der Waals surface area (Å²) in [6, 6.07) is 10.3. The molecule has 7 nitrogen and oxygen atoms in total. The molecule has 0 aliphatic rings. The zero-order valence-electron chi connectivity index (χ0n) is 14.7. The van der Waals surface area contributed by atoms with Crippen molar-refractivity contribution >= 4 is 29.1 Å². The van der Waals surface area contributed by atoms with Crippen LogP contribution in [0.4, 0.5) is 11.6 Å². The number of nitrogen functional groups attached to an aromatic ring is 2. The van der Waals surface area contributed by atoms with Gasteiger partial charge >= 0.3 is 0 Å². The smallest absolute Gasteiger partial charge is 0.274 e. The van der Waals surface area contributed by atoms with Gasteiger partial charge in [-0.3, -0.25) is 4.79 Å². The summed E-state index contributed by atoms with van der Waals surface area (Å²) < 4.78 is 0.693. The Morgan fingerprint density at radius 3 is 2.40 bits per heavy atom. The molecular formula is C17H24ClN6O+. The molecule has 1 aromatic heterocycles. The van der Waals surface area contributed by atoms with Crippen LogP contribution in [0.1, 0.15) is 16.1 Å². The maximum atomic E-state index is 12.4. The molecule has 1 heterocycles. The summed E-state index contributed by atoms with van der Waals surface area (Å²) in [7, 11) is 6.27. The van der Waals surface area contributed by atoms with Gasteiger partial charge in [-0.05, 0) is 5.56 Å². The van der Waals surface area contributed by atoms with Crippen LogP contribution in [0.25, 0.3) is 0 Å². The number of quaternary nitrogens is 1. The number of anilines is 2. The maximum Gasteiger partial charge on any atom is 0.274 e. The minimum Gasteiger partial charge on any atom is -0.382 e. The molecule has 5 N–H and O–H groups in total. The number of carbonyl (C=O) groups is 1. The van der Waals surface area contributed by atoms with Gasteiger partial charge in [-0.25, -0.2) is 9.97 Å². The molecule has 0 bridgehead atoms. The van der Waals surface area contributed by atoms with Gasteiger partial charge in [0, 0.05) is 6.42 Å². The number of halogens is 1. The van der Waals surface area contributed by atoms with Crippen molar-refractivity contribution in [2.75, 3.05) is 39.2 Å². The summed E-state index contributed by atoms with van der Waals surface area (Å²) in [6.07, 6.45) is 0.828. The predicted molar refractivity (Wildman–Crippen MR) is 100 cm³/mol. The number of nitrogens with zero attached hydrogens (tertiary/aromatic N) is 3. The Hall–Kier alpha value is -2.38. The van der Waals surface area contributed by atoms with Gasteiger partial charge in [0.1, 0.15) is 6.04 Å². The van der Waals surface area contributed by atoms with Crippen LogP contribution < -0.4 is 16.8 Å². The number of nitrogens with two attached hydrogens (primary N) is 2. The molecule has 0 radical (unpaired) electrons. The van der Waals surface area contributed by atoms with Crippen molar-refractivity contribution in [2.45, 2.75) is 12.5 Å². The molecule has 2 rings (SSSR count). The van der Waals surface area contributed by atoms with Crippen molar-refractivity contribution in [1.82, 2.24) is 15.3 Å². The highest BCUT2D eigenvalue weighted by Gasteiger charge is 2.26. The largest absolute Gasteiger partial charge is 0.382 e. The highest BCUT2D eigenvalue weighted by molar-refractivity contribution is 6.31. The monoisotopic (exact) mass is 363 g/mol. The molecule has 0 aliphatic heterocycles. The fourth-order valence-electron chi connectivity index (χ4n) is 2.41. The molecule has 25 heavy (non-hydrogen) atoms. The zero-order chi connectivity index (χ0) is 18.6. The van der Waals surface area contributed by atoms with E-state index in [9.17, 15) is 4.79 Å². The molecule has 0 aliphatic carbocycles. The molecule has 1 atom stereocenters. The van der Waals surface area contributed by atoms with Gasteiger partial charge in [-0.15, -0.1) is 0 Å². The molecule has 0 saturated carbocycles. The highest BCUT2D eigenvalue weighted by Crippen LogP contribution is 2.17. The lowest BCUT2D eigenvalue weighted by Gasteiger charge is -2.34. The maximum absolute atomic E-state index is 12.4. The van der Waals surface area contributed by atoms with Crippen molar-refractivity contribution in [3.63, 3.8) is 0 Å². The fourth-order valence-corrected chi connectivity index (χ4v) is 2.54. The molecule has 2 aromatic rings. The Morgan fingerprint density at radius 1 is 1.16 bits per heavy atom. The third kappa shape index (κ3) is 5.04. The summed E-state index contributed by atoms with van der Waals surface area (Å²) in [5.74, 6) is -0.452. The summed E-state index contributed by atoms with van der Waals surface area (Å²) in [6.45, 7) is 0.459. The van der Waals surface area contributed by atoms with Crippen molar-refractivity contribution in [2.24, 2.45) is 0 Å². The number of benzene rings is 1. The van der Waals surface area contributed by atoms with Crippen LogP contribution in [0.5, 0.6) is 0 Å². The van der Waals surface area contributed by atoms with Crippen LogP contribution in [0.3, 0.4) is 0 Å². The van der Waals surface area contributed by atoms with E-state index in [1.54, 1.807) is 0 Å². The molecule has 0 fully saturated rings. The second-order valence-corrected chi connectivity index (χ2v) is 7.16. The molecule has 1 aromatic carbocycles. The third-order valence-corrected chi connectivity index (χ3v) is 4.31. The first-order chi connectivity index (χ1) is 11.7. The van der Waals surface area contributed by atoms with E-state index in [1.807, 2.05) is 18.2 Å². The average molecular weight is 364 g/mol. The number of hydrogen-bond acceptors (Lipinski definition) is 5. The van der Waals surface area contributed by atoms with Crippen molar-refractivity contribution < 1.29 is 9.28 Å². The summed E-state index contributed by atoms with van der Waals surface area (Å²) in [5.41, 5.74) is 12.5. The van der Waals surface area contributed by atoms with Gasteiger partial charge in [0.05, 0.1) is 27.7 Å². The molecule has 8 heteroatoms. The van der Waals surface area contributed by atoms with Crippen LogP contribution in [-0.4, -0.2) is 54.1 Å². The third-order valence-electron chi connectivity index (χ3n) is 4.03. The molecule has 0 saturated heterocycles. The normalized spacial score (nSPS) is 12.6. The van der Waals surface area contributed by atoms with Crippen molar-refractivity contribution in [1.29, 1.82) is 0 Å². The van der Waals surface area contributed by atoms with E-state index in [4.69, 9.17) is 23.1 Å². The summed E-state index contributed by atoms with van der Waals surface area (Å²) in [4.78, 5) is 20.2. The number of carbonyl (C=O) groups excluding carboxylic acids is 1. The molecule has 0 spiro atoms. The van der Waals surface area contributed by atoms with Crippen molar-refractivity contribution in [3.05, 3.63) is 46.7 Å². The Morgan fingerprint density at radius 2 is 1.80 bits per heavy atom. The van der Waals surface area contributed by atoms with Gasteiger partial charge in [-0.2, -0.15) is 0 Å². The lowest BCUT2D eigenvalue weighted by atomic mass is 10.0. The fraction of sp³-hybridized carbons (Fsp3) is 0.353. The van der Waals surface area contributed by atoms with E-state index in [1.165, 1.54) is 5.56 Å². The number of nitrogens with one attached hydrogen (secondary N) is 1. The van der Waals surface area contributed by atoms with Crippen LogP contribution in [0.15, 0.2) is 30.3 Å². The quantitative estimate of drug-likeness (QED) is 0.671. The average Bonchev–Trinajstić information content (AvgIpc) is 2.54. The second-order valence-electron chi connectivity index (χ2n) is 6.80. The van der Waals surface area contributed by atoms with Crippen molar-refractivity contribution in [3.8, 4) is 0 Å². The second kappa shape index (κ2) is 7.67. The van der Waals surface area contributed by atoms with E-state index >= 15 is 0 Å². The Kier molecular flexibility index (Phi) is 5.81. The first-order valence-corrected chi connectivity index (χ1v) is 8.28. The number of likely N-dealkylation sites (N-methyl/N-ethyl adjacent to an activating group) is 1. The highest BCUT2D eigenvalue weighted by atomic mass is 35.5. The first kappa shape index (κ1) is 19.0. The Bertz CT molecular complexity index is 745. The number of rotatable bonds is 6. The minimum atomic E-state index is -0.418. The van der Waals surface area contributed by atoms with E-state index in [-0.39, 0.29) is 28.5 Å². The van der Waals surface area contributed by atoms with Crippen LogP contribution >= 0.6 is 11.6 Å². The lowest BCUT2D eigenvalue weighted by Crippen LogP contribution is -2.52. The Labute approximate surface area is 152 Å². The van der Waals surface area contributed by atoms with E-state index in [0.29, 0.717) is 11.0 Å². The topological polar surface area (TPSA) is 107 Å². The lowest BCUT2D eigenvalue weighted by molar-refractivity contribution is -0.894. The minimum absolute atomic E-state index is 0.00373. The zero-order valence-corrected chi connectivity index (χ0v) is 15.4. The van der Waals surface area contributed by atoms with Gasteiger partial charge in [0.15, 0.2) is 22.5 Å². The van der Waals surface area contributed by atoms with Crippen LogP contribution in [0.2, 0.25) is 5.15 Å². The number of aromatic nitrogens is 2.